The Hall–Kier alpha value is -2.97. The zero-order chi connectivity index (χ0) is 31.0. The van der Waals surface area contributed by atoms with Crippen LogP contribution in [0.2, 0.25) is 5.02 Å². The third-order valence-corrected chi connectivity index (χ3v) is 8.24. The van der Waals surface area contributed by atoms with Gasteiger partial charge in [0.15, 0.2) is 18.5 Å². The summed E-state index contributed by atoms with van der Waals surface area (Å²) in [6.07, 6.45) is 1.42. The number of phenolic OH excluding ortho intramolecular Hbond substituents is 1. The van der Waals surface area contributed by atoms with E-state index in [4.69, 9.17) is 30.5 Å². The van der Waals surface area contributed by atoms with Gasteiger partial charge in [-0.2, -0.15) is 0 Å². The molecule has 2 aromatic carbocycles. The quantitative estimate of drug-likeness (QED) is 0.129. The topological polar surface area (TPSA) is 103 Å². The maximum atomic E-state index is 13.4. The van der Waals surface area contributed by atoms with Crippen molar-refractivity contribution in [1.29, 1.82) is 0 Å². The molecule has 0 radical (unpaired) electrons. The number of benzene rings is 2. The number of halogens is 1. The first-order valence-electron chi connectivity index (χ1n) is 14.1. The molecule has 1 unspecified atom stereocenters. The number of aromatic hydroxyl groups is 1. The summed E-state index contributed by atoms with van der Waals surface area (Å²) >= 11 is 6.34. The lowest BCUT2D eigenvalue weighted by Gasteiger charge is -2.31. The van der Waals surface area contributed by atoms with Crippen LogP contribution in [0.4, 0.5) is 5.69 Å². The number of nitrogens with one attached hydrogen (secondary N) is 1. The van der Waals surface area contributed by atoms with E-state index in [1.165, 1.54) is 18.7 Å². The van der Waals surface area contributed by atoms with Gasteiger partial charge in [-0.15, -0.1) is 0 Å². The van der Waals surface area contributed by atoms with Crippen LogP contribution in [0.5, 0.6) is 17.2 Å². The van der Waals surface area contributed by atoms with E-state index >= 15 is 0 Å². The first kappa shape index (κ1) is 34.2. The second-order valence-corrected chi connectivity index (χ2v) is 11.8. The highest BCUT2D eigenvalue weighted by molar-refractivity contribution is 6.33. The summed E-state index contributed by atoms with van der Waals surface area (Å²) in [6, 6.07) is 7.64. The number of hydrogen-bond donors (Lipinski definition) is 2. The van der Waals surface area contributed by atoms with Crippen molar-refractivity contribution in [2.45, 2.75) is 91.6 Å². The summed E-state index contributed by atoms with van der Waals surface area (Å²) < 4.78 is 21.8. The molecule has 9 heteroatoms. The fourth-order valence-electron chi connectivity index (χ4n) is 4.04. The molecule has 2 rings (SSSR count). The Kier molecular flexibility index (Phi) is 12.3. The summed E-state index contributed by atoms with van der Waals surface area (Å²) in [7, 11) is 1.50. The first-order chi connectivity index (χ1) is 19.2. The van der Waals surface area contributed by atoms with E-state index in [0.717, 1.165) is 18.4 Å². The van der Waals surface area contributed by atoms with E-state index in [2.05, 4.69) is 59.0 Å². The number of amides is 1. The molecular weight excluding hydrogens is 546 g/mol. The maximum Gasteiger partial charge on any atom is 0.344 e. The Morgan fingerprint density at radius 3 is 2.24 bits per heavy atom. The highest BCUT2D eigenvalue weighted by Gasteiger charge is 2.29. The van der Waals surface area contributed by atoms with E-state index in [-0.39, 0.29) is 52.9 Å². The fourth-order valence-corrected chi connectivity index (χ4v) is 4.23. The Morgan fingerprint density at radius 2 is 1.66 bits per heavy atom. The van der Waals surface area contributed by atoms with Gasteiger partial charge in [0.25, 0.3) is 5.91 Å². The van der Waals surface area contributed by atoms with Crippen LogP contribution >= 0.6 is 11.6 Å². The second kappa shape index (κ2) is 14.8. The van der Waals surface area contributed by atoms with Crippen molar-refractivity contribution >= 4 is 29.2 Å². The van der Waals surface area contributed by atoms with Crippen LogP contribution in [0.1, 0.15) is 84.4 Å². The van der Waals surface area contributed by atoms with Gasteiger partial charge >= 0.3 is 5.97 Å². The largest absolute Gasteiger partial charge is 0.504 e. The molecule has 8 nitrogen and oxygen atoms in total. The van der Waals surface area contributed by atoms with Crippen LogP contribution in [0.15, 0.2) is 24.3 Å². The molecule has 0 heterocycles. The van der Waals surface area contributed by atoms with E-state index < -0.39 is 18.0 Å². The molecule has 0 bridgehead atoms. The van der Waals surface area contributed by atoms with Crippen LogP contribution in [-0.2, 0) is 29.9 Å². The summed E-state index contributed by atoms with van der Waals surface area (Å²) in [5, 5.41) is 13.4. The smallest absolute Gasteiger partial charge is 0.344 e. The average Bonchev–Trinajstić information content (AvgIpc) is 2.95. The van der Waals surface area contributed by atoms with Crippen LogP contribution in [0, 0.1) is 6.92 Å². The SMILES string of the molecule is CCC(Oc1ccc(C(C)(C)CC)cc1C(C)(C)CC)C(=O)Nc1cc(OCC(=O)OCCOC)c(C)c(Cl)c1O. The normalized spacial score (nSPS) is 12.5. The molecule has 0 saturated heterocycles. The molecule has 2 N–H and O–H groups in total. The number of methoxy groups -OCH3 is 1. The molecule has 0 aliphatic heterocycles. The molecule has 228 valence electrons. The van der Waals surface area contributed by atoms with Gasteiger partial charge in [-0.1, -0.05) is 72.2 Å². The van der Waals surface area contributed by atoms with E-state index in [0.29, 0.717) is 17.7 Å². The Balaban J connectivity index is 2.31. The molecule has 0 aliphatic rings. The highest BCUT2D eigenvalue weighted by atomic mass is 35.5. The van der Waals surface area contributed by atoms with Crippen molar-refractivity contribution in [3.8, 4) is 17.2 Å². The molecule has 41 heavy (non-hydrogen) atoms. The summed E-state index contributed by atoms with van der Waals surface area (Å²) in [6.45, 7) is 16.6. The zero-order valence-corrected chi connectivity index (χ0v) is 26.7. The summed E-state index contributed by atoms with van der Waals surface area (Å²) in [5.74, 6) is -0.472. The zero-order valence-electron chi connectivity index (χ0n) is 25.9. The predicted octanol–water partition coefficient (Wildman–Crippen LogP) is 7.09. The minimum Gasteiger partial charge on any atom is -0.504 e. The minimum atomic E-state index is -0.842. The lowest BCUT2D eigenvalue weighted by atomic mass is 9.76. The number of anilines is 1. The van der Waals surface area contributed by atoms with Gasteiger partial charge in [0.05, 0.1) is 17.3 Å². The number of rotatable bonds is 15. The van der Waals surface area contributed by atoms with Crippen LogP contribution in [0.3, 0.4) is 0 Å². The fraction of sp³-hybridized carbons (Fsp3) is 0.562. The number of carbonyl (C=O) groups is 2. The third-order valence-electron chi connectivity index (χ3n) is 7.78. The van der Waals surface area contributed by atoms with Crippen molar-refractivity contribution in [2.24, 2.45) is 0 Å². The molecule has 0 aliphatic carbocycles. The van der Waals surface area contributed by atoms with E-state index in [1.807, 2.05) is 13.0 Å². The number of esters is 1. The number of ether oxygens (including phenoxy) is 4. The molecule has 0 fully saturated rings. The van der Waals surface area contributed by atoms with Crippen LogP contribution in [-0.4, -0.2) is 50.0 Å². The molecule has 1 atom stereocenters. The van der Waals surface area contributed by atoms with Gasteiger partial charge < -0.3 is 29.4 Å². The molecule has 2 aromatic rings. The number of hydrogen-bond acceptors (Lipinski definition) is 7. The maximum absolute atomic E-state index is 13.4. The van der Waals surface area contributed by atoms with Gasteiger partial charge in [-0.3, -0.25) is 4.79 Å². The Morgan fingerprint density at radius 1 is 1.00 bits per heavy atom. The van der Waals surface area contributed by atoms with Crippen LogP contribution in [0.25, 0.3) is 0 Å². The third kappa shape index (κ3) is 8.76. The number of phenols is 1. The highest BCUT2D eigenvalue weighted by Crippen LogP contribution is 2.41. The lowest BCUT2D eigenvalue weighted by Crippen LogP contribution is -2.33. The molecular formula is C32H46ClNO7. The Bertz CT molecular complexity index is 1210. The van der Waals surface area contributed by atoms with Crippen molar-refractivity contribution < 1.29 is 33.6 Å². The Labute approximate surface area is 249 Å². The molecule has 1 amide bonds. The molecule has 0 aromatic heterocycles. The predicted molar refractivity (Wildman–Crippen MR) is 163 cm³/mol. The minimum absolute atomic E-state index is 0.000580. The van der Waals surface area contributed by atoms with Crippen molar-refractivity contribution in [2.75, 3.05) is 32.2 Å². The summed E-state index contributed by atoms with van der Waals surface area (Å²) in [4.78, 5) is 25.4. The van der Waals surface area contributed by atoms with Crippen molar-refractivity contribution in [1.82, 2.24) is 0 Å². The van der Waals surface area contributed by atoms with Gasteiger partial charge in [0, 0.05) is 24.3 Å². The van der Waals surface area contributed by atoms with Gasteiger partial charge in [0.2, 0.25) is 0 Å². The molecule has 0 saturated carbocycles. The summed E-state index contributed by atoms with van der Waals surface area (Å²) in [5.41, 5.74) is 2.54. The van der Waals surface area contributed by atoms with E-state index in [1.54, 1.807) is 6.92 Å². The lowest BCUT2D eigenvalue weighted by molar-refractivity contribution is -0.147. The first-order valence-corrected chi connectivity index (χ1v) is 14.5. The second-order valence-electron chi connectivity index (χ2n) is 11.4. The van der Waals surface area contributed by atoms with Crippen LogP contribution < -0.4 is 14.8 Å². The average molecular weight is 592 g/mol. The monoisotopic (exact) mass is 591 g/mol. The standard InChI is InChI=1S/C32H46ClNO7/c1-10-24(41-25-14-13-21(31(5,6)11-2)17-22(25)32(7,8)12-3)30(37)34-23-18-26(20(4)28(33)29(23)36)40-19-27(35)39-16-15-38-9/h13-14,17-18,24,36H,10-12,15-16,19H2,1-9H3,(H,34,37). The van der Waals surface area contributed by atoms with Gasteiger partial charge in [0.1, 0.15) is 18.1 Å². The van der Waals surface area contributed by atoms with Crippen molar-refractivity contribution in [3.63, 3.8) is 0 Å². The van der Waals surface area contributed by atoms with Gasteiger partial charge in [-0.25, -0.2) is 4.79 Å². The van der Waals surface area contributed by atoms with E-state index in [9.17, 15) is 14.7 Å². The number of carbonyl (C=O) groups excluding carboxylic acids is 2. The van der Waals surface area contributed by atoms with Crippen molar-refractivity contribution in [3.05, 3.63) is 46.0 Å². The van der Waals surface area contributed by atoms with Gasteiger partial charge in [-0.05, 0) is 48.6 Å². The molecule has 0 spiro atoms.